The van der Waals surface area contributed by atoms with Gasteiger partial charge in [-0.3, -0.25) is 4.79 Å². The third-order valence-electron chi connectivity index (χ3n) is 5.81. The quantitative estimate of drug-likeness (QED) is 0.500. The van der Waals surface area contributed by atoms with Gasteiger partial charge < -0.3 is 14.5 Å². The fraction of sp³-hybridized carbons (Fsp3) is 0.318. The van der Waals surface area contributed by atoms with Crippen molar-refractivity contribution in [2.75, 3.05) is 11.9 Å². The van der Waals surface area contributed by atoms with E-state index >= 15 is 0 Å². The van der Waals surface area contributed by atoms with Gasteiger partial charge in [-0.2, -0.15) is 0 Å². The first-order valence-corrected chi connectivity index (χ1v) is 10.5. The molecule has 6 nitrogen and oxygen atoms in total. The highest BCUT2D eigenvalue weighted by molar-refractivity contribution is 6.30. The number of carbonyl (C=O) groups is 1. The number of Topliss-reactive ketones (excluding diaryl/α,β-unsaturated/α-hetero) is 1. The van der Waals surface area contributed by atoms with Crippen molar-refractivity contribution in [1.82, 2.24) is 10.2 Å². The molecule has 1 N–H and O–H groups in total. The Bertz CT molecular complexity index is 1060. The Kier molecular flexibility index (Phi) is 4.71. The number of anilines is 1. The molecule has 6 rings (SSSR count). The van der Waals surface area contributed by atoms with Crippen LogP contribution in [0.3, 0.4) is 0 Å². The monoisotopic (exact) mass is 443 g/mol. The van der Waals surface area contributed by atoms with Crippen LogP contribution in [-0.4, -0.2) is 28.1 Å². The van der Waals surface area contributed by atoms with Crippen molar-refractivity contribution in [3.63, 3.8) is 0 Å². The van der Waals surface area contributed by atoms with Crippen LogP contribution >= 0.6 is 23.2 Å². The van der Waals surface area contributed by atoms with Crippen molar-refractivity contribution in [1.29, 1.82) is 0 Å². The van der Waals surface area contributed by atoms with Crippen LogP contribution in [0.2, 0.25) is 10.0 Å². The van der Waals surface area contributed by atoms with Crippen molar-refractivity contribution >= 4 is 35.0 Å². The van der Waals surface area contributed by atoms with Crippen LogP contribution in [0.1, 0.15) is 25.7 Å². The molecule has 2 aromatic carbocycles. The minimum Gasteiger partial charge on any atom is -0.486 e. The van der Waals surface area contributed by atoms with E-state index < -0.39 is 0 Å². The van der Waals surface area contributed by atoms with E-state index in [1.54, 1.807) is 36.4 Å². The van der Waals surface area contributed by atoms with E-state index in [2.05, 4.69) is 15.5 Å². The number of rotatable bonds is 8. The zero-order valence-corrected chi connectivity index (χ0v) is 17.5. The molecule has 3 aliphatic rings. The summed E-state index contributed by atoms with van der Waals surface area (Å²) in [6.45, 7) is 0.0813. The molecule has 1 heterocycles. The standard InChI is InChI=1S/C22H19Cl2N3O3/c23-15-3-1-14(2-4-15)19-26-27-20(30-19)25-22-11-21(12-22,13-22)9-17(28)10-29-18-7-5-16(24)6-8-18/h1-8H,9-13H2,(H,25,27). The van der Waals surface area contributed by atoms with Crippen LogP contribution in [0.5, 0.6) is 5.75 Å². The number of nitrogens with zero attached hydrogens (tertiary/aromatic N) is 2. The molecule has 0 aliphatic heterocycles. The van der Waals surface area contributed by atoms with Gasteiger partial charge in [0.2, 0.25) is 5.89 Å². The van der Waals surface area contributed by atoms with Gasteiger partial charge in [0, 0.05) is 27.6 Å². The van der Waals surface area contributed by atoms with Gasteiger partial charge >= 0.3 is 6.01 Å². The summed E-state index contributed by atoms with van der Waals surface area (Å²) in [4.78, 5) is 12.3. The summed E-state index contributed by atoms with van der Waals surface area (Å²) in [5, 5.41) is 12.9. The van der Waals surface area contributed by atoms with Gasteiger partial charge in [0.05, 0.1) is 0 Å². The zero-order chi connectivity index (χ0) is 20.8. The Hall–Kier alpha value is -2.57. The van der Waals surface area contributed by atoms with Crippen LogP contribution in [-0.2, 0) is 4.79 Å². The van der Waals surface area contributed by atoms with Gasteiger partial charge in [0.25, 0.3) is 0 Å². The summed E-state index contributed by atoms with van der Waals surface area (Å²) in [5.74, 6) is 1.21. The normalized spacial score (nSPS) is 23.9. The molecule has 3 saturated carbocycles. The largest absolute Gasteiger partial charge is 0.486 e. The maximum Gasteiger partial charge on any atom is 0.316 e. The lowest BCUT2D eigenvalue weighted by Crippen LogP contribution is -2.71. The lowest BCUT2D eigenvalue weighted by Gasteiger charge is -2.70. The topological polar surface area (TPSA) is 77.2 Å². The molecule has 3 aromatic rings. The van der Waals surface area contributed by atoms with Gasteiger partial charge in [0.1, 0.15) is 12.4 Å². The molecule has 0 spiro atoms. The predicted molar refractivity (Wildman–Crippen MR) is 114 cm³/mol. The number of carbonyl (C=O) groups excluding carboxylic acids is 1. The summed E-state index contributed by atoms with van der Waals surface area (Å²) in [6, 6.07) is 14.7. The number of halogens is 2. The van der Waals surface area contributed by atoms with Crippen molar-refractivity contribution in [3.8, 4) is 17.2 Å². The summed E-state index contributed by atoms with van der Waals surface area (Å²) < 4.78 is 11.3. The van der Waals surface area contributed by atoms with Gasteiger partial charge in [0.15, 0.2) is 5.78 Å². The molecular weight excluding hydrogens is 425 g/mol. The lowest BCUT2D eigenvalue weighted by atomic mass is 9.38. The first-order chi connectivity index (χ1) is 14.4. The summed E-state index contributed by atoms with van der Waals surface area (Å²) in [6.07, 6.45) is 3.30. The second-order valence-corrected chi connectivity index (χ2v) is 9.19. The molecule has 0 atom stereocenters. The lowest BCUT2D eigenvalue weighted by molar-refractivity contribution is -0.147. The Morgan fingerprint density at radius 1 is 1.00 bits per heavy atom. The van der Waals surface area contributed by atoms with Crippen LogP contribution in [0, 0.1) is 5.41 Å². The van der Waals surface area contributed by atoms with E-state index in [4.69, 9.17) is 32.4 Å². The van der Waals surface area contributed by atoms with E-state index in [1.807, 2.05) is 12.1 Å². The molecule has 154 valence electrons. The van der Waals surface area contributed by atoms with E-state index in [9.17, 15) is 4.79 Å². The summed E-state index contributed by atoms with van der Waals surface area (Å²) >= 11 is 11.8. The van der Waals surface area contributed by atoms with Crippen molar-refractivity contribution in [3.05, 3.63) is 58.6 Å². The van der Waals surface area contributed by atoms with Gasteiger partial charge in [-0.1, -0.05) is 28.3 Å². The number of aromatic nitrogens is 2. The van der Waals surface area contributed by atoms with Crippen molar-refractivity contribution in [2.24, 2.45) is 5.41 Å². The number of hydrogen-bond acceptors (Lipinski definition) is 6. The molecule has 30 heavy (non-hydrogen) atoms. The average Bonchev–Trinajstić information content (AvgIpc) is 3.14. The van der Waals surface area contributed by atoms with Crippen LogP contribution < -0.4 is 10.1 Å². The third kappa shape index (κ3) is 3.77. The number of ether oxygens (including phenoxy) is 1. The van der Waals surface area contributed by atoms with Crippen molar-refractivity contribution in [2.45, 2.75) is 31.2 Å². The van der Waals surface area contributed by atoms with E-state index in [0.717, 1.165) is 24.8 Å². The molecule has 8 heteroatoms. The summed E-state index contributed by atoms with van der Waals surface area (Å²) in [5.41, 5.74) is 0.855. The smallest absolute Gasteiger partial charge is 0.316 e. The molecule has 3 aliphatic carbocycles. The highest BCUT2D eigenvalue weighted by atomic mass is 35.5. The van der Waals surface area contributed by atoms with Crippen molar-refractivity contribution < 1.29 is 13.9 Å². The van der Waals surface area contributed by atoms with Crippen LogP contribution in [0.15, 0.2) is 52.9 Å². The molecule has 0 saturated heterocycles. The first kappa shape index (κ1) is 19.4. The maximum atomic E-state index is 12.3. The highest BCUT2D eigenvalue weighted by Gasteiger charge is 2.68. The molecular formula is C22H19Cl2N3O3. The maximum absolute atomic E-state index is 12.3. The van der Waals surface area contributed by atoms with Crippen LogP contribution in [0.4, 0.5) is 6.01 Å². The van der Waals surface area contributed by atoms with Gasteiger partial charge in [-0.05, 0) is 73.2 Å². The molecule has 0 amide bonds. The Labute approximate surface area is 183 Å². The highest BCUT2D eigenvalue weighted by Crippen LogP contribution is 2.70. The number of ketones is 1. The molecule has 0 radical (unpaired) electrons. The second kappa shape index (κ2) is 7.29. The van der Waals surface area contributed by atoms with E-state index in [1.165, 1.54) is 0 Å². The number of nitrogens with one attached hydrogen (secondary N) is 1. The fourth-order valence-electron chi connectivity index (χ4n) is 4.69. The van der Waals surface area contributed by atoms with E-state index in [-0.39, 0.29) is 23.3 Å². The SMILES string of the molecule is O=C(COc1ccc(Cl)cc1)CC12CC(Nc3nnc(-c4ccc(Cl)cc4)o3)(C1)C2. The first-order valence-electron chi connectivity index (χ1n) is 9.71. The molecule has 2 bridgehead atoms. The Balaban J connectivity index is 1.11. The minimum atomic E-state index is -0.0406. The van der Waals surface area contributed by atoms with E-state index in [0.29, 0.717) is 34.1 Å². The Morgan fingerprint density at radius 3 is 2.30 bits per heavy atom. The third-order valence-corrected chi connectivity index (χ3v) is 6.32. The fourth-order valence-corrected chi connectivity index (χ4v) is 4.94. The summed E-state index contributed by atoms with van der Waals surface area (Å²) in [7, 11) is 0. The molecule has 3 fully saturated rings. The number of hydrogen-bond donors (Lipinski definition) is 1. The average molecular weight is 444 g/mol. The molecule has 1 aromatic heterocycles. The molecule has 0 unspecified atom stereocenters. The predicted octanol–water partition coefficient (Wildman–Crippen LogP) is 5.42. The number of benzene rings is 2. The Morgan fingerprint density at radius 2 is 1.63 bits per heavy atom. The second-order valence-electron chi connectivity index (χ2n) is 8.31. The zero-order valence-electron chi connectivity index (χ0n) is 16.0. The van der Waals surface area contributed by atoms with Gasteiger partial charge in [-0.15, -0.1) is 5.10 Å². The minimum absolute atomic E-state index is 0.0406. The van der Waals surface area contributed by atoms with Crippen LogP contribution in [0.25, 0.3) is 11.5 Å². The van der Waals surface area contributed by atoms with Gasteiger partial charge in [-0.25, -0.2) is 0 Å².